The zero-order valence-electron chi connectivity index (χ0n) is 8.60. The first-order valence-corrected chi connectivity index (χ1v) is 5.29. The topological polar surface area (TPSA) is 41.1 Å². The Hall–Kier alpha value is -0.570. The van der Waals surface area contributed by atoms with Crippen LogP contribution in [0.15, 0.2) is 0 Å². The highest BCUT2D eigenvalue weighted by Crippen LogP contribution is 2.08. The molecule has 1 amide bonds. The minimum Gasteiger partial charge on any atom is -0.352 e. The number of hydrogen-bond acceptors (Lipinski definition) is 2. The molecule has 1 aliphatic rings. The summed E-state index contributed by atoms with van der Waals surface area (Å²) in [6.45, 7) is 6.11. The third-order valence-corrected chi connectivity index (χ3v) is 2.76. The molecule has 0 saturated carbocycles. The Morgan fingerprint density at radius 1 is 1.54 bits per heavy atom. The van der Waals surface area contributed by atoms with Crippen LogP contribution in [0.3, 0.4) is 0 Å². The summed E-state index contributed by atoms with van der Waals surface area (Å²) >= 11 is 0. The van der Waals surface area contributed by atoms with Gasteiger partial charge in [0.05, 0.1) is 0 Å². The molecule has 0 aromatic rings. The number of nitrogens with one attached hydrogen (secondary N) is 2. The Labute approximate surface area is 80.3 Å². The second kappa shape index (κ2) is 5.22. The highest BCUT2D eigenvalue weighted by molar-refractivity contribution is 5.78. The average Bonchev–Trinajstić information content (AvgIpc) is 2.59. The molecule has 76 valence electrons. The van der Waals surface area contributed by atoms with Gasteiger partial charge in [-0.15, -0.1) is 0 Å². The third-order valence-electron chi connectivity index (χ3n) is 2.76. The summed E-state index contributed by atoms with van der Waals surface area (Å²) in [4.78, 5) is 11.6. The van der Waals surface area contributed by atoms with Crippen LogP contribution in [0, 0.1) is 5.92 Å². The summed E-state index contributed by atoms with van der Waals surface area (Å²) in [7, 11) is 0. The van der Waals surface area contributed by atoms with Gasteiger partial charge in [-0.3, -0.25) is 4.79 Å². The minimum absolute atomic E-state index is 0.209. The quantitative estimate of drug-likeness (QED) is 0.681. The van der Waals surface area contributed by atoms with E-state index in [-0.39, 0.29) is 11.8 Å². The van der Waals surface area contributed by atoms with Gasteiger partial charge in [0, 0.05) is 18.5 Å². The summed E-state index contributed by atoms with van der Waals surface area (Å²) < 4.78 is 0. The maximum atomic E-state index is 11.6. The molecule has 0 radical (unpaired) electrons. The number of carbonyl (C=O) groups excluding carboxylic acids is 1. The molecule has 0 aromatic heterocycles. The maximum Gasteiger partial charge on any atom is 0.223 e. The molecule has 1 heterocycles. The fourth-order valence-electron chi connectivity index (χ4n) is 1.76. The molecule has 0 bridgehead atoms. The van der Waals surface area contributed by atoms with Gasteiger partial charge in [-0.25, -0.2) is 0 Å². The van der Waals surface area contributed by atoms with E-state index in [0.717, 1.165) is 32.4 Å². The molecule has 1 rings (SSSR count). The Bertz CT molecular complexity index is 160. The zero-order valence-corrected chi connectivity index (χ0v) is 8.60. The summed E-state index contributed by atoms with van der Waals surface area (Å²) in [5.74, 6) is 0.444. The van der Waals surface area contributed by atoms with Gasteiger partial charge >= 0.3 is 0 Å². The lowest BCUT2D eigenvalue weighted by Crippen LogP contribution is -2.39. The van der Waals surface area contributed by atoms with Gasteiger partial charge in [0.25, 0.3) is 0 Å². The Morgan fingerprint density at radius 3 is 2.69 bits per heavy atom. The predicted molar refractivity (Wildman–Crippen MR) is 53.5 cm³/mol. The molecular formula is C10H20N2O. The first kappa shape index (κ1) is 10.5. The maximum absolute atomic E-state index is 11.6. The van der Waals surface area contributed by atoms with Gasteiger partial charge in [-0.2, -0.15) is 0 Å². The fraction of sp³-hybridized carbons (Fsp3) is 0.900. The Kier molecular flexibility index (Phi) is 4.22. The van der Waals surface area contributed by atoms with Gasteiger partial charge in [0.1, 0.15) is 0 Å². The standard InChI is InChI=1S/C10H20N2O/c1-3-8(4-2)10(13)12-9-5-6-11-7-9/h8-9,11H,3-7H2,1-2H3,(H,12,13)/t9-/m1/s1. The monoisotopic (exact) mass is 184 g/mol. The number of rotatable bonds is 4. The highest BCUT2D eigenvalue weighted by Gasteiger charge is 2.20. The molecule has 3 nitrogen and oxygen atoms in total. The molecule has 0 aliphatic carbocycles. The van der Waals surface area contributed by atoms with Crippen molar-refractivity contribution in [2.24, 2.45) is 5.92 Å². The van der Waals surface area contributed by atoms with Crippen LogP contribution in [0.1, 0.15) is 33.1 Å². The molecule has 3 heteroatoms. The van der Waals surface area contributed by atoms with Crippen LogP contribution >= 0.6 is 0 Å². The molecule has 2 N–H and O–H groups in total. The molecule has 0 unspecified atom stereocenters. The van der Waals surface area contributed by atoms with Crippen LogP contribution in [-0.2, 0) is 4.79 Å². The van der Waals surface area contributed by atoms with Crippen molar-refractivity contribution in [3.63, 3.8) is 0 Å². The summed E-state index contributed by atoms with van der Waals surface area (Å²) in [6.07, 6.45) is 2.97. The summed E-state index contributed by atoms with van der Waals surface area (Å²) in [5, 5.41) is 6.32. The second-order valence-electron chi connectivity index (χ2n) is 3.71. The van der Waals surface area contributed by atoms with Gasteiger partial charge in [-0.05, 0) is 25.8 Å². The van der Waals surface area contributed by atoms with Crippen molar-refractivity contribution < 1.29 is 4.79 Å². The van der Waals surface area contributed by atoms with Gasteiger partial charge in [0.2, 0.25) is 5.91 Å². The molecule has 13 heavy (non-hydrogen) atoms. The minimum atomic E-state index is 0.209. The first-order chi connectivity index (χ1) is 6.27. The van der Waals surface area contributed by atoms with Gasteiger partial charge < -0.3 is 10.6 Å². The van der Waals surface area contributed by atoms with Crippen molar-refractivity contribution in [2.75, 3.05) is 13.1 Å². The first-order valence-electron chi connectivity index (χ1n) is 5.29. The highest BCUT2D eigenvalue weighted by atomic mass is 16.1. The number of amides is 1. The van der Waals surface area contributed by atoms with Crippen molar-refractivity contribution in [1.29, 1.82) is 0 Å². The molecule has 1 atom stereocenters. The van der Waals surface area contributed by atoms with Crippen molar-refractivity contribution in [3.05, 3.63) is 0 Å². The van der Waals surface area contributed by atoms with E-state index in [1.54, 1.807) is 0 Å². The Morgan fingerprint density at radius 2 is 2.23 bits per heavy atom. The van der Waals surface area contributed by atoms with E-state index >= 15 is 0 Å². The Balaban J connectivity index is 2.29. The number of carbonyl (C=O) groups is 1. The van der Waals surface area contributed by atoms with Crippen LogP contribution in [0.2, 0.25) is 0 Å². The van der Waals surface area contributed by atoms with Crippen LogP contribution in [0.5, 0.6) is 0 Å². The summed E-state index contributed by atoms with van der Waals surface area (Å²) in [5.41, 5.74) is 0. The fourth-order valence-corrected chi connectivity index (χ4v) is 1.76. The van der Waals surface area contributed by atoms with Gasteiger partial charge in [-0.1, -0.05) is 13.8 Å². The van der Waals surface area contributed by atoms with Crippen LogP contribution in [0.25, 0.3) is 0 Å². The molecule has 1 aliphatic heterocycles. The molecule has 0 spiro atoms. The molecule has 1 fully saturated rings. The largest absolute Gasteiger partial charge is 0.352 e. The van der Waals surface area contributed by atoms with Crippen molar-refractivity contribution in [1.82, 2.24) is 10.6 Å². The van der Waals surface area contributed by atoms with Crippen LogP contribution in [0.4, 0.5) is 0 Å². The normalized spacial score (nSPS) is 22.2. The predicted octanol–water partition coefficient (Wildman–Crippen LogP) is 0.901. The van der Waals surface area contributed by atoms with E-state index in [2.05, 4.69) is 24.5 Å². The lowest BCUT2D eigenvalue weighted by atomic mass is 10.0. The lowest BCUT2D eigenvalue weighted by Gasteiger charge is -2.16. The summed E-state index contributed by atoms with van der Waals surface area (Å²) in [6, 6.07) is 0.369. The average molecular weight is 184 g/mol. The third kappa shape index (κ3) is 2.99. The van der Waals surface area contributed by atoms with E-state index in [9.17, 15) is 4.79 Å². The van der Waals surface area contributed by atoms with Crippen LogP contribution in [-0.4, -0.2) is 25.0 Å². The van der Waals surface area contributed by atoms with Crippen molar-refractivity contribution in [2.45, 2.75) is 39.2 Å². The molecule has 0 aromatic carbocycles. The zero-order chi connectivity index (χ0) is 9.68. The van der Waals surface area contributed by atoms with Crippen molar-refractivity contribution in [3.8, 4) is 0 Å². The molecule has 1 saturated heterocycles. The number of hydrogen-bond donors (Lipinski definition) is 2. The second-order valence-corrected chi connectivity index (χ2v) is 3.71. The van der Waals surface area contributed by atoms with Crippen LogP contribution < -0.4 is 10.6 Å². The lowest BCUT2D eigenvalue weighted by molar-refractivity contribution is -0.125. The SMILES string of the molecule is CCC(CC)C(=O)N[C@@H]1CCNC1. The van der Waals surface area contributed by atoms with E-state index in [4.69, 9.17) is 0 Å². The van der Waals surface area contributed by atoms with E-state index < -0.39 is 0 Å². The van der Waals surface area contributed by atoms with E-state index in [1.807, 2.05) is 0 Å². The van der Waals surface area contributed by atoms with E-state index in [0.29, 0.717) is 6.04 Å². The molecular weight excluding hydrogens is 164 g/mol. The smallest absolute Gasteiger partial charge is 0.223 e. The van der Waals surface area contributed by atoms with E-state index in [1.165, 1.54) is 0 Å². The van der Waals surface area contributed by atoms with Gasteiger partial charge in [0.15, 0.2) is 0 Å². The van der Waals surface area contributed by atoms with Crippen molar-refractivity contribution >= 4 is 5.91 Å².